The van der Waals surface area contributed by atoms with Gasteiger partial charge in [-0.25, -0.2) is 9.78 Å². The number of methoxy groups -OCH3 is 1. The van der Waals surface area contributed by atoms with Crippen LogP contribution in [0.2, 0.25) is 0 Å². The molecule has 17 heavy (non-hydrogen) atoms. The molecule has 0 bridgehead atoms. The number of fused-ring (bicyclic) bond motifs is 1. The molecule has 88 valence electrons. The second kappa shape index (κ2) is 4.13. The van der Waals surface area contributed by atoms with Crippen LogP contribution in [0.4, 0.5) is 5.69 Å². The minimum absolute atomic E-state index is 0.0219. The monoisotopic (exact) mass is 299 g/mol. The van der Waals surface area contributed by atoms with Gasteiger partial charge in [-0.15, -0.1) is 0 Å². The lowest BCUT2D eigenvalue weighted by Gasteiger charge is -1.96. The average Bonchev–Trinajstić information content (AvgIpc) is 2.69. The van der Waals surface area contributed by atoms with Crippen LogP contribution in [0.1, 0.15) is 10.5 Å². The minimum atomic E-state index is -0.640. The molecular formula is C9H6BrN3O4. The van der Waals surface area contributed by atoms with Crippen LogP contribution in [-0.2, 0) is 4.74 Å². The van der Waals surface area contributed by atoms with Crippen molar-refractivity contribution < 1.29 is 14.5 Å². The van der Waals surface area contributed by atoms with E-state index in [1.165, 1.54) is 23.8 Å². The third-order valence-corrected chi connectivity index (χ3v) is 2.52. The Kier molecular flexibility index (Phi) is 2.80. The predicted octanol–water partition coefficient (Wildman–Crippen LogP) is 1.79. The maximum absolute atomic E-state index is 11.3. The summed E-state index contributed by atoms with van der Waals surface area (Å²) in [6, 6.07) is 1.32. The minimum Gasteiger partial charge on any atom is -0.464 e. The number of carbonyl (C=O) groups excluding carboxylic acids is 1. The Balaban J connectivity index is 2.71. The van der Waals surface area contributed by atoms with E-state index in [1.54, 1.807) is 6.20 Å². The Morgan fingerprint density at radius 3 is 2.88 bits per heavy atom. The van der Waals surface area contributed by atoms with Gasteiger partial charge in [0.1, 0.15) is 0 Å². The normalized spacial score (nSPS) is 10.5. The van der Waals surface area contributed by atoms with E-state index in [2.05, 4.69) is 25.7 Å². The zero-order valence-electron chi connectivity index (χ0n) is 8.58. The van der Waals surface area contributed by atoms with Crippen LogP contribution in [0.25, 0.3) is 5.65 Å². The maximum Gasteiger partial charge on any atom is 0.358 e. The van der Waals surface area contributed by atoms with Crippen LogP contribution in [-0.4, -0.2) is 27.4 Å². The fourth-order valence-electron chi connectivity index (χ4n) is 1.38. The molecule has 0 spiro atoms. The predicted molar refractivity (Wildman–Crippen MR) is 60.9 cm³/mol. The molecule has 0 saturated heterocycles. The van der Waals surface area contributed by atoms with Crippen LogP contribution in [0, 0.1) is 10.1 Å². The number of hydrogen-bond donors (Lipinski definition) is 0. The summed E-state index contributed by atoms with van der Waals surface area (Å²) in [5.74, 6) is -0.640. The van der Waals surface area contributed by atoms with Gasteiger partial charge in [0.25, 0.3) is 0 Å². The molecule has 0 saturated carbocycles. The van der Waals surface area contributed by atoms with Gasteiger partial charge in [-0.3, -0.25) is 14.5 Å². The lowest BCUT2D eigenvalue weighted by Crippen LogP contribution is -2.00. The van der Waals surface area contributed by atoms with Crippen LogP contribution >= 0.6 is 15.9 Å². The van der Waals surface area contributed by atoms with Gasteiger partial charge < -0.3 is 4.74 Å². The molecule has 0 unspecified atom stereocenters. The number of ether oxygens (including phenoxy) is 1. The third-order valence-electron chi connectivity index (χ3n) is 2.09. The van der Waals surface area contributed by atoms with Crippen LogP contribution in [0.3, 0.4) is 0 Å². The summed E-state index contributed by atoms with van der Waals surface area (Å²) in [7, 11) is 1.22. The lowest BCUT2D eigenvalue weighted by atomic mass is 10.4. The number of nitrogens with zero attached hydrogens (tertiary/aromatic N) is 3. The molecule has 7 nitrogen and oxygen atoms in total. The van der Waals surface area contributed by atoms with E-state index < -0.39 is 10.9 Å². The van der Waals surface area contributed by atoms with E-state index in [9.17, 15) is 14.9 Å². The maximum atomic E-state index is 11.3. The average molecular weight is 300 g/mol. The second-order valence-electron chi connectivity index (χ2n) is 3.15. The van der Waals surface area contributed by atoms with Gasteiger partial charge in [-0.05, 0) is 15.9 Å². The quantitative estimate of drug-likeness (QED) is 0.479. The first-order valence-electron chi connectivity index (χ1n) is 4.44. The molecule has 2 aromatic heterocycles. The molecule has 0 N–H and O–H groups in total. The number of carbonyl (C=O) groups is 1. The molecular weight excluding hydrogens is 294 g/mol. The molecule has 0 aliphatic carbocycles. The van der Waals surface area contributed by atoms with Gasteiger partial charge in [0.2, 0.25) is 5.65 Å². The zero-order valence-corrected chi connectivity index (χ0v) is 10.2. The van der Waals surface area contributed by atoms with E-state index in [-0.39, 0.29) is 17.0 Å². The SMILES string of the molecule is COC(=O)c1cn2cc(Br)cc([N+](=O)[O-])c2n1. The Hall–Kier alpha value is -1.96. The number of rotatable bonds is 2. The summed E-state index contributed by atoms with van der Waals surface area (Å²) in [6.07, 6.45) is 2.95. The molecule has 2 rings (SSSR count). The fraction of sp³-hybridized carbons (Fsp3) is 0.111. The molecule has 0 aromatic carbocycles. The van der Waals surface area contributed by atoms with Gasteiger partial charge >= 0.3 is 11.7 Å². The Morgan fingerprint density at radius 1 is 1.59 bits per heavy atom. The number of halogens is 1. The highest BCUT2D eigenvalue weighted by molar-refractivity contribution is 9.10. The Morgan fingerprint density at radius 2 is 2.29 bits per heavy atom. The molecule has 0 fully saturated rings. The lowest BCUT2D eigenvalue weighted by molar-refractivity contribution is -0.383. The van der Waals surface area contributed by atoms with Gasteiger partial charge in [-0.2, -0.15) is 0 Å². The standard InChI is InChI=1S/C9H6BrN3O4/c1-17-9(14)6-4-12-3-5(10)2-7(13(15)16)8(12)11-6/h2-4H,1H3. The number of hydrogen-bond acceptors (Lipinski definition) is 5. The summed E-state index contributed by atoms with van der Waals surface area (Å²) >= 11 is 3.15. The largest absolute Gasteiger partial charge is 0.464 e. The van der Waals surface area contributed by atoms with Crippen molar-refractivity contribution >= 4 is 33.2 Å². The van der Waals surface area contributed by atoms with Crippen molar-refractivity contribution in [3.8, 4) is 0 Å². The van der Waals surface area contributed by atoms with Gasteiger partial charge in [0, 0.05) is 22.9 Å². The van der Waals surface area contributed by atoms with Crippen molar-refractivity contribution in [3.63, 3.8) is 0 Å². The first kappa shape index (κ1) is 11.5. The highest BCUT2D eigenvalue weighted by Gasteiger charge is 2.19. The van der Waals surface area contributed by atoms with Gasteiger partial charge in [0.15, 0.2) is 5.69 Å². The third kappa shape index (κ3) is 1.98. The van der Waals surface area contributed by atoms with Crippen LogP contribution in [0.15, 0.2) is 22.9 Å². The van der Waals surface area contributed by atoms with E-state index in [1.807, 2.05) is 0 Å². The van der Waals surface area contributed by atoms with E-state index >= 15 is 0 Å². The van der Waals surface area contributed by atoms with Crippen molar-refractivity contribution in [2.75, 3.05) is 7.11 Å². The molecule has 0 aliphatic heterocycles. The number of imidazole rings is 1. The second-order valence-corrected chi connectivity index (χ2v) is 4.06. The van der Waals surface area contributed by atoms with Crippen LogP contribution in [0.5, 0.6) is 0 Å². The smallest absolute Gasteiger partial charge is 0.358 e. The molecule has 2 heterocycles. The first-order chi connectivity index (χ1) is 8.02. The van der Waals surface area contributed by atoms with Crippen molar-refractivity contribution in [2.45, 2.75) is 0 Å². The summed E-state index contributed by atoms with van der Waals surface area (Å²) in [4.78, 5) is 25.4. The van der Waals surface area contributed by atoms with Crippen molar-refractivity contribution in [1.82, 2.24) is 9.38 Å². The highest BCUT2D eigenvalue weighted by Crippen LogP contribution is 2.24. The van der Waals surface area contributed by atoms with Crippen molar-refractivity contribution in [2.24, 2.45) is 0 Å². The number of aromatic nitrogens is 2. The molecule has 0 amide bonds. The van der Waals surface area contributed by atoms with Crippen molar-refractivity contribution in [3.05, 3.63) is 38.7 Å². The molecule has 0 aliphatic rings. The van der Waals surface area contributed by atoms with Crippen molar-refractivity contribution in [1.29, 1.82) is 0 Å². The Bertz CT molecular complexity index is 622. The Labute approximate surface area is 103 Å². The number of esters is 1. The topological polar surface area (TPSA) is 86.7 Å². The molecule has 8 heteroatoms. The van der Waals surface area contributed by atoms with Gasteiger partial charge in [-0.1, -0.05) is 0 Å². The molecule has 0 radical (unpaired) electrons. The molecule has 2 aromatic rings. The van der Waals surface area contributed by atoms with E-state index in [4.69, 9.17) is 0 Å². The van der Waals surface area contributed by atoms with E-state index in [0.717, 1.165) is 0 Å². The summed E-state index contributed by atoms with van der Waals surface area (Å²) in [5.41, 5.74) is -0.0678. The first-order valence-corrected chi connectivity index (χ1v) is 5.23. The van der Waals surface area contributed by atoms with Crippen LogP contribution < -0.4 is 0 Å². The number of pyridine rings is 1. The van der Waals surface area contributed by atoms with Gasteiger partial charge in [0.05, 0.1) is 12.0 Å². The summed E-state index contributed by atoms with van der Waals surface area (Å²) < 4.78 is 6.42. The fourth-order valence-corrected chi connectivity index (χ4v) is 1.82. The number of nitro groups is 1. The highest BCUT2D eigenvalue weighted by atomic mass is 79.9. The van der Waals surface area contributed by atoms with E-state index in [0.29, 0.717) is 4.47 Å². The molecule has 0 atom stereocenters. The summed E-state index contributed by atoms with van der Waals surface area (Å²) in [6.45, 7) is 0. The zero-order chi connectivity index (χ0) is 12.6. The summed E-state index contributed by atoms with van der Waals surface area (Å²) in [5, 5.41) is 10.8.